The summed E-state index contributed by atoms with van der Waals surface area (Å²) in [6.07, 6.45) is 2.64. The monoisotopic (exact) mass is 284 g/mol. The zero-order valence-electron chi connectivity index (χ0n) is 8.32. The fraction of sp³-hybridized carbons (Fsp3) is 0.182. The van der Waals surface area contributed by atoms with Crippen molar-refractivity contribution in [1.82, 2.24) is 9.97 Å². The highest BCUT2D eigenvalue weighted by atomic mass is 79.9. The molecule has 0 saturated carbocycles. The molecule has 0 aliphatic heterocycles. The highest BCUT2D eigenvalue weighted by Gasteiger charge is 2.14. The van der Waals surface area contributed by atoms with Gasteiger partial charge in [-0.3, -0.25) is 0 Å². The molecule has 0 spiro atoms. The molecule has 3 nitrogen and oxygen atoms in total. The molecule has 5 heteroatoms. The van der Waals surface area contributed by atoms with Gasteiger partial charge in [-0.15, -0.1) is 0 Å². The van der Waals surface area contributed by atoms with E-state index in [9.17, 15) is 9.50 Å². The summed E-state index contributed by atoms with van der Waals surface area (Å²) in [6, 6.07) is 4.59. The molecular weight excluding hydrogens is 275 g/mol. The molecule has 1 aromatic carbocycles. The number of hydrogen-bond donors (Lipinski definition) is 2. The van der Waals surface area contributed by atoms with Crippen molar-refractivity contribution >= 4 is 15.9 Å². The Morgan fingerprint density at radius 3 is 2.94 bits per heavy atom. The number of hydrogen-bond acceptors (Lipinski definition) is 2. The summed E-state index contributed by atoms with van der Waals surface area (Å²) in [5.41, 5.74) is 0.277. The van der Waals surface area contributed by atoms with Crippen LogP contribution in [0, 0.1) is 5.82 Å². The molecule has 1 atom stereocenters. The fourth-order valence-electron chi connectivity index (χ4n) is 1.47. The van der Waals surface area contributed by atoms with Crippen molar-refractivity contribution in [2.75, 3.05) is 0 Å². The van der Waals surface area contributed by atoms with E-state index in [1.54, 1.807) is 24.5 Å². The van der Waals surface area contributed by atoms with Crippen LogP contribution in [0.1, 0.15) is 17.5 Å². The predicted molar refractivity (Wildman–Crippen MR) is 61.4 cm³/mol. The van der Waals surface area contributed by atoms with Gasteiger partial charge in [-0.1, -0.05) is 22.0 Å². The average molecular weight is 285 g/mol. The number of aliphatic hydroxyl groups is 1. The van der Waals surface area contributed by atoms with Gasteiger partial charge in [0.25, 0.3) is 0 Å². The Balaban J connectivity index is 2.17. The van der Waals surface area contributed by atoms with Gasteiger partial charge < -0.3 is 10.1 Å². The molecular formula is C11H10BrFN2O. The zero-order chi connectivity index (χ0) is 11.5. The molecule has 0 aliphatic carbocycles. The lowest BCUT2D eigenvalue weighted by molar-refractivity contribution is 0.171. The third kappa shape index (κ3) is 2.48. The van der Waals surface area contributed by atoms with Crippen molar-refractivity contribution in [3.05, 3.63) is 52.3 Å². The third-order valence-corrected chi connectivity index (χ3v) is 2.76. The Bertz CT molecular complexity index is 473. The van der Waals surface area contributed by atoms with Crippen molar-refractivity contribution in [3.63, 3.8) is 0 Å². The van der Waals surface area contributed by atoms with Crippen LogP contribution in [-0.2, 0) is 6.42 Å². The van der Waals surface area contributed by atoms with Crippen molar-refractivity contribution in [2.24, 2.45) is 0 Å². The Hall–Kier alpha value is -1.20. The zero-order valence-corrected chi connectivity index (χ0v) is 9.91. The number of aromatic amines is 1. The molecule has 16 heavy (non-hydrogen) atoms. The second-order valence-corrected chi connectivity index (χ2v) is 4.34. The lowest BCUT2D eigenvalue weighted by atomic mass is 10.1. The van der Waals surface area contributed by atoms with Crippen LogP contribution in [0.4, 0.5) is 4.39 Å². The van der Waals surface area contributed by atoms with Gasteiger partial charge in [0.05, 0.1) is 6.10 Å². The topological polar surface area (TPSA) is 48.9 Å². The van der Waals surface area contributed by atoms with E-state index in [-0.39, 0.29) is 12.0 Å². The minimum atomic E-state index is -0.890. The first-order chi connectivity index (χ1) is 7.66. The quantitative estimate of drug-likeness (QED) is 0.910. The molecule has 0 bridgehead atoms. The summed E-state index contributed by atoms with van der Waals surface area (Å²) in [5.74, 6) is 0.211. The van der Waals surface area contributed by atoms with E-state index in [0.29, 0.717) is 10.3 Å². The van der Waals surface area contributed by atoms with Crippen LogP contribution >= 0.6 is 15.9 Å². The summed E-state index contributed by atoms with van der Waals surface area (Å²) in [5, 5.41) is 9.85. The van der Waals surface area contributed by atoms with Crippen LogP contribution in [-0.4, -0.2) is 15.1 Å². The van der Waals surface area contributed by atoms with E-state index >= 15 is 0 Å². The van der Waals surface area contributed by atoms with Crippen molar-refractivity contribution in [2.45, 2.75) is 12.5 Å². The van der Waals surface area contributed by atoms with E-state index in [1.807, 2.05) is 0 Å². The van der Waals surface area contributed by atoms with Gasteiger partial charge in [0, 0.05) is 28.9 Å². The maximum absolute atomic E-state index is 13.5. The second-order valence-electron chi connectivity index (χ2n) is 3.42. The minimum absolute atomic E-state index is 0.269. The van der Waals surface area contributed by atoms with E-state index in [0.717, 1.165) is 0 Å². The smallest absolute Gasteiger partial charge is 0.130 e. The van der Waals surface area contributed by atoms with E-state index in [1.165, 1.54) is 6.07 Å². The van der Waals surface area contributed by atoms with Gasteiger partial charge in [-0.25, -0.2) is 9.37 Å². The number of aliphatic hydroxyl groups excluding tert-OH is 1. The Morgan fingerprint density at radius 1 is 1.50 bits per heavy atom. The molecule has 0 aliphatic rings. The van der Waals surface area contributed by atoms with Crippen LogP contribution in [0.3, 0.4) is 0 Å². The molecule has 0 fully saturated rings. The fourth-order valence-corrected chi connectivity index (χ4v) is 1.81. The summed E-state index contributed by atoms with van der Waals surface area (Å²) in [4.78, 5) is 6.85. The highest BCUT2D eigenvalue weighted by Crippen LogP contribution is 2.22. The summed E-state index contributed by atoms with van der Waals surface area (Å²) >= 11 is 3.17. The largest absolute Gasteiger partial charge is 0.388 e. The third-order valence-electron chi connectivity index (χ3n) is 2.26. The first-order valence-electron chi connectivity index (χ1n) is 4.78. The lowest BCUT2D eigenvalue weighted by Gasteiger charge is -2.10. The molecule has 2 aromatic rings. The van der Waals surface area contributed by atoms with Gasteiger partial charge in [0.15, 0.2) is 0 Å². The van der Waals surface area contributed by atoms with Gasteiger partial charge in [0.1, 0.15) is 11.6 Å². The van der Waals surface area contributed by atoms with Gasteiger partial charge in [-0.2, -0.15) is 0 Å². The molecule has 84 valence electrons. The number of nitrogens with one attached hydrogen (secondary N) is 1. The number of H-pyrrole nitrogens is 1. The van der Waals surface area contributed by atoms with Gasteiger partial charge >= 0.3 is 0 Å². The minimum Gasteiger partial charge on any atom is -0.388 e. The molecule has 0 amide bonds. The Kier molecular flexibility index (Phi) is 3.36. The van der Waals surface area contributed by atoms with Crippen LogP contribution < -0.4 is 0 Å². The van der Waals surface area contributed by atoms with E-state index in [4.69, 9.17) is 0 Å². The van der Waals surface area contributed by atoms with E-state index in [2.05, 4.69) is 25.9 Å². The van der Waals surface area contributed by atoms with Crippen molar-refractivity contribution in [3.8, 4) is 0 Å². The molecule has 2 N–H and O–H groups in total. The normalized spacial score (nSPS) is 12.7. The van der Waals surface area contributed by atoms with Crippen LogP contribution in [0.5, 0.6) is 0 Å². The van der Waals surface area contributed by atoms with Crippen molar-refractivity contribution < 1.29 is 9.50 Å². The predicted octanol–water partition coefficient (Wildman–Crippen LogP) is 2.59. The first kappa shape index (κ1) is 11.3. The molecule has 1 heterocycles. The molecule has 0 radical (unpaired) electrons. The maximum atomic E-state index is 13.5. The summed E-state index contributed by atoms with van der Waals surface area (Å²) in [6.45, 7) is 0. The SMILES string of the molecule is OC(Cc1ncc[nH]1)c1ccc(Br)cc1F. The number of imidazole rings is 1. The van der Waals surface area contributed by atoms with Crippen molar-refractivity contribution in [1.29, 1.82) is 0 Å². The van der Waals surface area contributed by atoms with Crippen LogP contribution in [0.25, 0.3) is 0 Å². The number of aromatic nitrogens is 2. The average Bonchev–Trinajstić information content (AvgIpc) is 2.70. The molecule has 2 rings (SSSR count). The lowest BCUT2D eigenvalue weighted by Crippen LogP contribution is -2.05. The molecule has 1 unspecified atom stereocenters. The first-order valence-corrected chi connectivity index (χ1v) is 5.57. The molecule has 1 aromatic heterocycles. The second kappa shape index (κ2) is 4.76. The number of halogens is 2. The molecule has 0 saturated heterocycles. The van der Waals surface area contributed by atoms with Gasteiger partial charge in [-0.05, 0) is 12.1 Å². The van der Waals surface area contributed by atoms with Crippen LogP contribution in [0.15, 0.2) is 35.1 Å². The van der Waals surface area contributed by atoms with Crippen LogP contribution in [0.2, 0.25) is 0 Å². The highest BCUT2D eigenvalue weighted by molar-refractivity contribution is 9.10. The Labute approximate surface area is 100 Å². The summed E-state index contributed by atoms with van der Waals surface area (Å²) < 4.78 is 14.2. The van der Waals surface area contributed by atoms with Gasteiger partial charge in [0.2, 0.25) is 0 Å². The Morgan fingerprint density at radius 2 is 2.31 bits per heavy atom. The maximum Gasteiger partial charge on any atom is 0.130 e. The summed E-state index contributed by atoms with van der Waals surface area (Å²) in [7, 11) is 0. The number of nitrogens with zero attached hydrogens (tertiary/aromatic N) is 1. The van der Waals surface area contributed by atoms with E-state index < -0.39 is 11.9 Å². The number of rotatable bonds is 3. The number of benzene rings is 1. The standard InChI is InChI=1S/C11H10BrFN2O/c12-7-1-2-8(9(13)5-7)10(16)6-11-14-3-4-15-11/h1-5,10,16H,6H2,(H,14,15).